The Balaban J connectivity index is 3.33. The van der Waals surface area contributed by atoms with Crippen molar-refractivity contribution in [1.29, 1.82) is 0 Å². The van der Waals surface area contributed by atoms with Crippen molar-refractivity contribution in [2.75, 3.05) is 0 Å². The minimum absolute atomic E-state index is 0.613. The number of allylic oxidation sites excluding steroid dienone is 1. The summed E-state index contributed by atoms with van der Waals surface area (Å²) in [5.74, 6) is -0.229. The highest BCUT2D eigenvalue weighted by atomic mass is 16.4. The van der Waals surface area contributed by atoms with E-state index in [2.05, 4.69) is 13.8 Å². The molecule has 88 valence electrons. The minimum atomic E-state index is -0.842. The molecule has 0 fully saturated rings. The zero-order valence-corrected chi connectivity index (χ0v) is 10.0. The highest BCUT2D eigenvalue weighted by Gasteiger charge is 1.99. The fourth-order valence-electron chi connectivity index (χ4n) is 1.62. The summed E-state index contributed by atoms with van der Waals surface area (Å²) in [4.78, 5) is 10.2. The predicted octanol–water partition coefficient (Wildman–Crippen LogP) is 4.01. The standard InChI is InChI=1S/C13H24O2/c1-3-4-5-6-7-9-12(2)10-8-11-13(14)15/h8,11-12H,3-7,9-10H2,1-2H3,(H,14,15). The van der Waals surface area contributed by atoms with E-state index in [-0.39, 0.29) is 0 Å². The second-order valence-corrected chi connectivity index (χ2v) is 4.28. The quantitative estimate of drug-likeness (QED) is 0.463. The first-order valence-corrected chi connectivity index (χ1v) is 6.06. The van der Waals surface area contributed by atoms with Gasteiger partial charge in [-0.3, -0.25) is 0 Å². The molecule has 0 aliphatic carbocycles. The van der Waals surface area contributed by atoms with Gasteiger partial charge >= 0.3 is 5.97 Å². The number of carbonyl (C=O) groups is 1. The molecule has 0 aliphatic rings. The van der Waals surface area contributed by atoms with Gasteiger partial charge in [-0.15, -0.1) is 0 Å². The zero-order chi connectivity index (χ0) is 11.5. The van der Waals surface area contributed by atoms with Gasteiger partial charge in [0.25, 0.3) is 0 Å². The number of carboxylic acid groups (broad SMARTS) is 1. The van der Waals surface area contributed by atoms with Gasteiger partial charge in [-0.05, 0) is 12.3 Å². The van der Waals surface area contributed by atoms with Gasteiger partial charge in [0.1, 0.15) is 0 Å². The van der Waals surface area contributed by atoms with Gasteiger partial charge in [0.15, 0.2) is 0 Å². The third kappa shape index (κ3) is 11.1. The lowest BCUT2D eigenvalue weighted by Crippen LogP contribution is -1.94. The Bertz CT molecular complexity index is 185. The normalized spacial score (nSPS) is 13.2. The van der Waals surface area contributed by atoms with Crippen LogP contribution >= 0.6 is 0 Å². The molecule has 15 heavy (non-hydrogen) atoms. The third-order valence-electron chi connectivity index (χ3n) is 2.60. The van der Waals surface area contributed by atoms with Gasteiger partial charge in [0, 0.05) is 6.08 Å². The highest BCUT2D eigenvalue weighted by Crippen LogP contribution is 2.14. The van der Waals surface area contributed by atoms with Gasteiger partial charge in [-0.25, -0.2) is 4.79 Å². The Morgan fingerprint density at radius 2 is 1.93 bits per heavy atom. The van der Waals surface area contributed by atoms with Crippen molar-refractivity contribution in [2.45, 2.75) is 58.8 Å². The van der Waals surface area contributed by atoms with Crippen molar-refractivity contribution in [3.8, 4) is 0 Å². The van der Waals surface area contributed by atoms with Crippen LogP contribution in [0.2, 0.25) is 0 Å². The number of aliphatic carboxylic acids is 1. The number of rotatable bonds is 9. The first-order chi connectivity index (χ1) is 7.16. The molecule has 2 heteroatoms. The van der Waals surface area contributed by atoms with Crippen LogP contribution in [0.4, 0.5) is 0 Å². The van der Waals surface area contributed by atoms with E-state index in [1.165, 1.54) is 44.6 Å². The summed E-state index contributed by atoms with van der Waals surface area (Å²) in [5, 5.41) is 8.41. The molecule has 0 amide bonds. The molecule has 0 aromatic heterocycles. The summed E-state index contributed by atoms with van der Waals surface area (Å²) < 4.78 is 0. The molecular weight excluding hydrogens is 188 g/mol. The van der Waals surface area contributed by atoms with Crippen LogP contribution in [-0.4, -0.2) is 11.1 Å². The van der Waals surface area contributed by atoms with Crippen LogP contribution in [0.5, 0.6) is 0 Å². The Hall–Kier alpha value is -0.790. The van der Waals surface area contributed by atoms with Crippen LogP contribution in [0, 0.1) is 5.92 Å². The minimum Gasteiger partial charge on any atom is -0.478 e. The molecule has 0 radical (unpaired) electrons. The van der Waals surface area contributed by atoms with Gasteiger partial charge < -0.3 is 5.11 Å². The Labute approximate surface area is 93.4 Å². The molecule has 0 rings (SSSR count). The first kappa shape index (κ1) is 14.2. The molecule has 0 bridgehead atoms. The van der Waals surface area contributed by atoms with Crippen LogP contribution in [0.25, 0.3) is 0 Å². The monoisotopic (exact) mass is 212 g/mol. The van der Waals surface area contributed by atoms with Crippen molar-refractivity contribution in [3.63, 3.8) is 0 Å². The SMILES string of the molecule is CCCCCCCC(C)CC=CC(=O)O. The largest absolute Gasteiger partial charge is 0.478 e. The molecule has 0 heterocycles. The highest BCUT2D eigenvalue weighted by molar-refractivity contribution is 5.79. The maximum absolute atomic E-state index is 10.2. The molecule has 0 aliphatic heterocycles. The van der Waals surface area contributed by atoms with E-state index in [1.807, 2.05) is 0 Å². The van der Waals surface area contributed by atoms with Crippen LogP contribution in [-0.2, 0) is 4.79 Å². The summed E-state index contributed by atoms with van der Waals surface area (Å²) in [6, 6.07) is 0. The maximum Gasteiger partial charge on any atom is 0.327 e. The second kappa shape index (κ2) is 9.75. The number of carboxylic acids is 1. The van der Waals surface area contributed by atoms with E-state index >= 15 is 0 Å². The van der Waals surface area contributed by atoms with Crippen molar-refractivity contribution in [3.05, 3.63) is 12.2 Å². The molecule has 1 N–H and O–H groups in total. The van der Waals surface area contributed by atoms with Crippen molar-refractivity contribution in [1.82, 2.24) is 0 Å². The smallest absolute Gasteiger partial charge is 0.327 e. The Morgan fingerprint density at radius 3 is 2.53 bits per heavy atom. The number of hydrogen-bond acceptors (Lipinski definition) is 1. The first-order valence-electron chi connectivity index (χ1n) is 6.06. The predicted molar refractivity (Wildman–Crippen MR) is 63.9 cm³/mol. The molecule has 0 saturated carbocycles. The van der Waals surface area contributed by atoms with Crippen LogP contribution < -0.4 is 0 Å². The summed E-state index contributed by atoms with van der Waals surface area (Å²) in [5.41, 5.74) is 0. The molecule has 2 nitrogen and oxygen atoms in total. The summed E-state index contributed by atoms with van der Waals surface area (Å²) in [6.45, 7) is 4.41. The molecule has 0 aromatic rings. The van der Waals surface area contributed by atoms with Crippen LogP contribution in [0.1, 0.15) is 58.8 Å². The topological polar surface area (TPSA) is 37.3 Å². The van der Waals surface area contributed by atoms with E-state index in [0.717, 1.165) is 6.42 Å². The summed E-state index contributed by atoms with van der Waals surface area (Å²) in [7, 11) is 0. The Morgan fingerprint density at radius 1 is 1.27 bits per heavy atom. The van der Waals surface area contributed by atoms with E-state index in [1.54, 1.807) is 6.08 Å². The van der Waals surface area contributed by atoms with E-state index in [4.69, 9.17) is 5.11 Å². The second-order valence-electron chi connectivity index (χ2n) is 4.28. The fraction of sp³-hybridized carbons (Fsp3) is 0.769. The lowest BCUT2D eigenvalue weighted by molar-refractivity contribution is -0.131. The average Bonchev–Trinajstić information content (AvgIpc) is 2.17. The number of hydrogen-bond donors (Lipinski definition) is 1. The van der Waals surface area contributed by atoms with E-state index in [0.29, 0.717) is 5.92 Å². The van der Waals surface area contributed by atoms with E-state index < -0.39 is 5.97 Å². The van der Waals surface area contributed by atoms with Crippen LogP contribution in [0.3, 0.4) is 0 Å². The van der Waals surface area contributed by atoms with Crippen molar-refractivity contribution < 1.29 is 9.90 Å². The molecule has 0 aromatic carbocycles. The van der Waals surface area contributed by atoms with Crippen molar-refractivity contribution >= 4 is 5.97 Å². The molecule has 1 unspecified atom stereocenters. The lowest BCUT2D eigenvalue weighted by Gasteiger charge is -2.07. The van der Waals surface area contributed by atoms with Gasteiger partial charge in [0.2, 0.25) is 0 Å². The van der Waals surface area contributed by atoms with E-state index in [9.17, 15) is 4.79 Å². The zero-order valence-electron chi connectivity index (χ0n) is 10.0. The molecule has 0 saturated heterocycles. The maximum atomic E-state index is 10.2. The van der Waals surface area contributed by atoms with Crippen LogP contribution in [0.15, 0.2) is 12.2 Å². The fourth-order valence-corrected chi connectivity index (χ4v) is 1.62. The number of unbranched alkanes of at least 4 members (excludes halogenated alkanes) is 4. The summed E-state index contributed by atoms with van der Waals surface area (Å²) >= 11 is 0. The van der Waals surface area contributed by atoms with Crippen molar-refractivity contribution in [2.24, 2.45) is 5.92 Å². The molecule has 0 spiro atoms. The lowest BCUT2D eigenvalue weighted by atomic mass is 9.99. The van der Waals surface area contributed by atoms with Gasteiger partial charge in [-0.2, -0.15) is 0 Å². The van der Waals surface area contributed by atoms with Gasteiger partial charge in [0.05, 0.1) is 0 Å². The molecular formula is C13H24O2. The third-order valence-corrected chi connectivity index (χ3v) is 2.60. The molecule has 1 atom stereocenters. The Kier molecular flexibility index (Phi) is 9.24. The van der Waals surface area contributed by atoms with Gasteiger partial charge in [-0.1, -0.05) is 58.4 Å². The summed E-state index contributed by atoms with van der Waals surface area (Å²) in [6.07, 6.45) is 11.7. The average molecular weight is 212 g/mol.